The molecule has 0 fully saturated rings. The average Bonchev–Trinajstić information content (AvgIpc) is 3.20. The molecule has 22 heteroatoms. The van der Waals surface area contributed by atoms with E-state index in [1.165, 1.54) is 4.90 Å². The fourth-order valence-corrected chi connectivity index (χ4v) is 4.66. The van der Waals surface area contributed by atoms with E-state index in [1.807, 2.05) is 6.92 Å². The first kappa shape index (κ1) is 56.1. The monoisotopic (exact) mass is 843 g/mol. The minimum absolute atomic E-state index is 0.0141. The van der Waals surface area contributed by atoms with Gasteiger partial charge in [0.1, 0.15) is 48.8 Å². The van der Waals surface area contributed by atoms with Crippen LogP contribution in [0.2, 0.25) is 0 Å². The van der Waals surface area contributed by atoms with Crippen LogP contribution in [0.3, 0.4) is 0 Å². The van der Waals surface area contributed by atoms with Crippen molar-refractivity contribution in [3.63, 3.8) is 0 Å². The van der Waals surface area contributed by atoms with Gasteiger partial charge in [0.05, 0.1) is 138 Å². The predicted octanol–water partition coefficient (Wildman–Crippen LogP) is -6.56. The molecule has 0 amide bonds. The molecule has 12 N–H and O–H groups in total. The number of nitrogens with zero attached hydrogens (tertiary/aromatic N) is 1. The molecular formula is C35H73NO21. The second kappa shape index (κ2) is 38.1. The second-order valence-electron chi connectivity index (χ2n) is 13.0. The third-order valence-electron chi connectivity index (χ3n) is 7.91. The second-order valence-corrected chi connectivity index (χ2v) is 13.0. The van der Waals surface area contributed by atoms with Crippen LogP contribution in [0.5, 0.6) is 0 Å². The maximum absolute atomic E-state index is 10.4. The minimum atomic E-state index is -1.89. The maximum atomic E-state index is 10.4. The van der Waals surface area contributed by atoms with E-state index < -0.39 is 87.3 Å². The molecule has 57 heavy (non-hydrogen) atoms. The number of rotatable bonds is 43. The van der Waals surface area contributed by atoms with Crippen LogP contribution in [0.25, 0.3) is 0 Å². The first-order chi connectivity index (χ1) is 27.4. The summed E-state index contributed by atoms with van der Waals surface area (Å²) < 4.78 is 48.4. The summed E-state index contributed by atoms with van der Waals surface area (Å²) in [6.45, 7) is 4.16. The molecule has 0 heterocycles. The highest BCUT2D eigenvalue weighted by Crippen LogP contribution is 2.11. The van der Waals surface area contributed by atoms with E-state index in [1.54, 1.807) is 0 Å². The number of hydrogen-bond acceptors (Lipinski definition) is 22. The van der Waals surface area contributed by atoms with Crippen LogP contribution in [0.1, 0.15) is 13.3 Å². The zero-order valence-corrected chi connectivity index (χ0v) is 33.2. The van der Waals surface area contributed by atoms with E-state index in [-0.39, 0.29) is 85.8 Å². The van der Waals surface area contributed by atoms with Crippen LogP contribution in [0.15, 0.2) is 0 Å². The fourth-order valence-electron chi connectivity index (χ4n) is 4.66. The number of hydrogen-bond donors (Lipinski definition) is 12. The maximum Gasteiger partial charge on any atom is 0.111 e. The van der Waals surface area contributed by atoms with Crippen molar-refractivity contribution in [2.45, 2.75) is 74.4 Å². The molecular weight excluding hydrogens is 770 g/mol. The minimum Gasteiger partial charge on any atom is -0.394 e. The molecule has 0 saturated carbocycles. The van der Waals surface area contributed by atoms with Gasteiger partial charge >= 0.3 is 0 Å². The van der Waals surface area contributed by atoms with Crippen molar-refractivity contribution >= 4 is 0 Å². The lowest BCUT2D eigenvalue weighted by atomic mass is 10.0. The summed E-state index contributed by atoms with van der Waals surface area (Å²) in [7, 11) is 0. The zero-order valence-electron chi connectivity index (χ0n) is 33.2. The van der Waals surface area contributed by atoms with Gasteiger partial charge in [0.2, 0.25) is 0 Å². The van der Waals surface area contributed by atoms with E-state index in [0.717, 1.165) is 6.42 Å². The normalized spacial score (nSPS) is 17.6. The summed E-state index contributed by atoms with van der Waals surface area (Å²) in [6, 6.07) is 0. The third kappa shape index (κ3) is 30.7. The van der Waals surface area contributed by atoms with Crippen LogP contribution >= 0.6 is 0 Å². The SMILES string of the molecule is CCCOCCOCC(O)COCCOCCOCC(O)COCCOCCOCCOCCN(C[C@H](O)[C@@H](O)[C@H](O)[C@H](O)CO)C[C@H](O)[C@@H](O)[C@H](O)[C@H](O)CO. The molecule has 0 aliphatic rings. The highest BCUT2D eigenvalue weighted by Gasteiger charge is 2.34. The Morgan fingerprint density at radius 2 is 0.614 bits per heavy atom. The predicted molar refractivity (Wildman–Crippen MR) is 198 cm³/mol. The van der Waals surface area contributed by atoms with Crippen LogP contribution < -0.4 is 0 Å². The van der Waals surface area contributed by atoms with Crippen molar-refractivity contribution in [3.05, 3.63) is 0 Å². The molecule has 10 atom stereocenters. The van der Waals surface area contributed by atoms with Gasteiger partial charge < -0.3 is 104 Å². The summed E-state index contributed by atoms with van der Waals surface area (Å²) in [5, 5.41) is 118. The van der Waals surface area contributed by atoms with E-state index in [9.17, 15) is 51.1 Å². The lowest BCUT2D eigenvalue weighted by Crippen LogP contribution is -2.53. The summed E-state index contributed by atoms with van der Waals surface area (Å²) in [5.41, 5.74) is 0. The van der Waals surface area contributed by atoms with Crippen LogP contribution in [-0.2, 0) is 42.6 Å². The Morgan fingerprint density at radius 1 is 0.351 bits per heavy atom. The summed E-state index contributed by atoms with van der Waals surface area (Å²) >= 11 is 0. The van der Waals surface area contributed by atoms with Gasteiger partial charge in [-0.3, -0.25) is 4.90 Å². The Hall–Kier alpha value is -0.880. The lowest BCUT2D eigenvalue weighted by molar-refractivity contribution is -0.131. The van der Waals surface area contributed by atoms with Crippen molar-refractivity contribution in [2.24, 2.45) is 0 Å². The highest BCUT2D eigenvalue weighted by atomic mass is 16.6. The van der Waals surface area contributed by atoms with Gasteiger partial charge in [-0.2, -0.15) is 0 Å². The quantitative estimate of drug-likeness (QED) is 0.0254. The van der Waals surface area contributed by atoms with E-state index in [2.05, 4.69) is 0 Å². The zero-order chi connectivity index (χ0) is 42.7. The molecule has 22 nitrogen and oxygen atoms in total. The summed E-state index contributed by atoms with van der Waals surface area (Å²) in [6.07, 6.45) is -15.0. The van der Waals surface area contributed by atoms with Crippen LogP contribution in [0, 0.1) is 0 Å². The molecule has 344 valence electrons. The van der Waals surface area contributed by atoms with Crippen molar-refractivity contribution in [1.82, 2.24) is 4.90 Å². The van der Waals surface area contributed by atoms with Crippen LogP contribution in [-0.4, -0.2) is 279 Å². The lowest BCUT2D eigenvalue weighted by Gasteiger charge is -2.33. The molecule has 0 spiro atoms. The van der Waals surface area contributed by atoms with Gasteiger partial charge in [-0.15, -0.1) is 0 Å². The van der Waals surface area contributed by atoms with Gasteiger partial charge in [0.15, 0.2) is 0 Å². The Kier molecular flexibility index (Phi) is 37.5. The molecule has 0 aromatic carbocycles. The summed E-state index contributed by atoms with van der Waals surface area (Å²) in [5.74, 6) is 0. The molecule has 0 aromatic heterocycles. The molecule has 0 aliphatic carbocycles. The Bertz CT molecular complexity index is 829. The van der Waals surface area contributed by atoms with Gasteiger partial charge in [0, 0.05) is 26.2 Å². The van der Waals surface area contributed by atoms with Gasteiger partial charge in [-0.25, -0.2) is 0 Å². The standard InChI is InChI=1S/C35H73NO21/c1-2-4-49-10-14-54-22-26(39)23-56-16-12-53-13-17-57-25-27(40)24-55-15-11-52-9-8-51-7-6-50-5-3-36(18-28(41)32(45)34(47)30(43)20-37)19-29(42)33(46)35(48)31(44)21-38/h26-35,37-48H,2-25H2,1H3/t26?,27?,28-,29-,30+,31+,32+,33+,34+,35+/m0/s1. The molecule has 0 bridgehead atoms. The highest BCUT2D eigenvalue weighted by molar-refractivity contribution is 4.86. The van der Waals surface area contributed by atoms with Crippen molar-refractivity contribution < 1.29 is 104 Å². The van der Waals surface area contributed by atoms with E-state index in [4.69, 9.17) is 52.8 Å². The number of aliphatic hydroxyl groups excluding tert-OH is 12. The Balaban J connectivity index is 3.98. The topological polar surface area (TPSA) is 329 Å². The summed E-state index contributed by atoms with van der Waals surface area (Å²) in [4.78, 5) is 1.33. The first-order valence-corrected chi connectivity index (χ1v) is 19.3. The van der Waals surface area contributed by atoms with E-state index in [0.29, 0.717) is 39.6 Å². The molecule has 0 aliphatic heterocycles. The van der Waals surface area contributed by atoms with Gasteiger partial charge in [-0.1, -0.05) is 6.92 Å². The third-order valence-corrected chi connectivity index (χ3v) is 7.91. The van der Waals surface area contributed by atoms with Crippen molar-refractivity contribution in [2.75, 3.05) is 152 Å². The van der Waals surface area contributed by atoms with Gasteiger partial charge in [0.25, 0.3) is 0 Å². The smallest absolute Gasteiger partial charge is 0.111 e. The molecule has 0 rings (SSSR count). The van der Waals surface area contributed by atoms with Crippen molar-refractivity contribution in [1.29, 1.82) is 0 Å². The number of ether oxygens (including phenoxy) is 9. The average molecular weight is 844 g/mol. The van der Waals surface area contributed by atoms with Gasteiger partial charge in [-0.05, 0) is 6.42 Å². The molecule has 2 unspecified atom stereocenters. The fraction of sp³-hybridized carbons (Fsp3) is 1.00. The first-order valence-electron chi connectivity index (χ1n) is 19.3. The van der Waals surface area contributed by atoms with Crippen molar-refractivity contribution in [3.8, 4) is 0 Å². The molecule has 0 saturated heterocycles. The number of aliphatic hydroxyl groups is 12. The molecule has 0 aromatic rings. The molecule has 0 radical (unpaired) electrons. The largest absolute Gasteiger partial charge is 0.394 e. The Labute approximate surface area is 334 Å². The van der Waals surface area contributed by atoms with Crippen LogP contribution in [0.4, 0.5) is 0 Å². The van der Waals surface area contributed by atoms with E-state index >= 15 is 0 Å². The Morgan fingerprint density at radius 3 is 0.912 bits per heavy atom.